The molecule has 0 saturated carbocycles. The molecule has 0 aromatic carbocycles. The van der Waals surface area contributed by atoms with Crippen molar-refractivity contribution in [2.24, 2.45) is 11.8 Å². The Morgan fingerprint density at radius 1 is 1.08 bits per heavy atom. The first kappa shape index (κ1) is 23.4. The van der Waals surface area contributed by atoms with Gasteiger partial charge in [0.1, 0.15) is 0 Å². The number of likely N-dealkylation sites (tertiary alicyclic amines) is 1. The monoisotopic (exact) mass is 391 g/mol. The number of carbonyl (C=O) groups is 1. The predicted molar refractivity (Wildman–Crippen MR) is 105 cm³/mol. The summed E-state index contributed by atoms with van der Waals surface area (Å²) in [5, 5.41) is 3.00. The summed E-state index contributed by atoms with van der Waals surface area (Å²) >= 11 is 0. The lowest BCUT2D eigenvalue weighted by Crippen LogP contribution is -2.49. The molecule has 1 fully saturated rings. The lowest BCUT2D eigenvalue weighted by molar-refractivity contribution is -0.892. The molecule has 3 atom stereocenters. The van der Waals surface area contributed by atoms with Gasteiger partial charge in [0.2, 0.25) is 0 Å². The predicted octanol–water partition coefficient (Wildman–Crippen LogP) is 2.84. The molecule has 0 aliphatic carbocycles. The summed E-state index contributed by atoms with van der Waals surface area (Å²) in [6.45, 7) is 6.71. The van der Waals surface area contributed by atoms with Gasteiger partial charge in [-0.05, 0) is 6.42 Å². The smallest absolute Gasteiger partial charge is 0.275 e. The van der Waals surface area contributed by atoms with Crippen LogP contribution in [0.5, 0.6) is 0 Å². The molecule has 1 rings (SSSR count). The van der Waals surface area contributed by atoms with Crippen LogP contribution in [0.25, 0.3) is 0 Å². The molecule has 0 bridgehead atoms. The average molecular weight is 392 g/mol. The van der Waals surface area contributed by atoms with Gasteiger partial charge in [0, 0.05) is 18.4 Å². The van der Waals surface area contributed by atoms with Gasteiger partial charge in [-0.1, -0.05) is 58.8 Å². The lowest BCUT2D eigenvalue weighted by atomic mass is 10.0. The molecule has 154 valence electrons. The molecule has 1 aliphatic rings. The number of carbonyl (C=O) groups excluding carboxylic acids is 1. The van der Waals surface area contributed by atoms with Crippen LogP contribution < -0.4 is 5.32 Å². The Morgan fingerprint density at radius 2 is 1.65 bits per heavy atom. The molecule has 2 N–H and O–H groups in total. The Kier molecular flexibility index (Phi) is 10.1. The number of nitrogens with one attached hydrogen (secondary N) is 1. The van der Waals surface area contributed by atoms with Crippen LogP contribution in [-0.4, -0.2) is 62.3 Å². The second-order valence-electron chi connectivity index (χ2n) is 8.45. The van der Waals surface area contributed by atoms with Gasteiger partial charge in [-0.2, -0.15) is 8.42 Å². The maximum Gasteiger partial charge on any atom is 0.275 e. The quantitative estimate of drug-likeness (QED) is 0.287. The molecular formula is C19H39N2O4S+. The van der Waals surface area contributed by atoms with Gasteiger partial charge in [-0.15, -0.1) is 0 Å². The standard InChI is InChI=1S/C19H38N2O4S/c1-4-5-6-7-8-9-10-11-12-20-19(22)15-21(3)13-17(2)18(14-21)16-26(23,24)25/h17-18H,4-16H2,1-3H3,(H-,20,22,23,24,25)/p+1. The third kappa shape index (κ3) is 9.88. The fourth-order valence-electron chi connectivity index (χ4n) is 4.17. The van der Waals surface area contributed by atoms with Crippen molar-refractivity contribution in [3.8, 4) is 0 Å². The number of nitrogens with zero attached hydrogens (tertiary/aromatic N) is 1. The van der Waals surface area contributed by atoms with Gasteiger partial charge >= 0.3 is 0 Å². The van der Waals surface area contributed by atoms with E-state index >= 15 is 0 Å². The first-order chi connectivity index (χ1) is 12.2. The molecule has 0 radical (unpaired) electrons. The van der Waals surface area contributed by atoms with Gasteiger partial charge in [-0.3, -0.25) is 9.35 Å². The highest BCUT2D eigenvalue weighted by Gasteiger charge is 2.42. The van der Waals surface area contributed by atoms with Crippen molar-refractivity contribution >= 4 is 16.0 Å². The van der Waals surface area contributed by atoms with Gasteiger partial charge < -0.3 is 9.80 Å². The van der Waals surface area contributed by atoms with E-state index in [2.05, 4.69) is 12.2 Å². The Morgan fingerprint density at radius 3 is 2.23 bits per heavy atom. The topological polar surface area (TPSA) is 83.5 Å². The minimum absolute atomic E-state index is 0.0372. The molecule has 0 aromatic rings. The van der Waals surface area contributed by atoms with Crippen LogP contribution in [0.3, 0.4) is 0 Å². The zero-order valence-corrected chi connectivity index (χ0v) is 17.7. The summed E-state index contributed by atoms with van der Waals surface area (Å²) in [7, 11) is -1.96. The van der Waals surface area contributed by atoms with Crippen LogP contribution in [0.4, 0.5) is 0 Å². The second kappa shape index (κ2) is 11.2. The van der Waals surface area contributed by atoms with E-state index in [9.17, 15) is 13.2 Å². The molecule has 26 heavy (non-hydrogen) atoms. The van der Waals surface area contributed by atoms with Crippen LogP contribution in [0.1, 0.15) is 65.2 Å². The van der Waals surface area contributed by atoms with Crippen molar-refractivity contribution in [3.63, 3.8) is 0 Å². The first-order valence-electron chi connectivity index (χ1n) is 10.2. The highest BCUT2D eigenvalue weighted by Crippen LogP contribution is 2.28. The van der Waals surface area contributed by atoms with Gasteiger partial charge in [0.05, 0.1) is 25.9 Å². The minimum atomic E-state index is -3.96. The van der Waals surface area contributed by atoms with Crippen molar-refractivity contribution in [2.45, 2.75) is 65.2 Å². The maximum atomic E-state index is 12.2. The van der Waals surface area contributed by atoms with E-state index in [1.165, 1.54) is 38.5 Å². The van der Waals surface area contributed by atoms with E-state index < -0.39 is 10.1 Å². The summed E-state index contributed by atoms with van der Waals surface area (Å²) < 4.78 is 31.9. The number of hydrogen-bond acceptors (Lipinski definition) is 3. The van der Waals surface area contributed by atoms with Crippen molar-refractivity contribution in [1.29, 1.82) is 0 Å². The maximum absolute atomic E-state index is 12.2. The van der Waals surface area contributed by atoms with Gasteiger partial charge in [0.15, 0.2) is 6.54 Å². The van der Waals surface area contributed by atoms with Crippen LogP contribution in [-0.2, 0) is 14.9 Å². The SMILES string of the molecule is CCCCCCCCCCNC(=O)C[N+]1(C)CC(C)C(CS(=O)(=O)O)C1. The second-order valence-corrected chi connectivity index (χ2v) is 9.95. The van der Waals surface area contributed by atoms with Gasteiger partial charge in [0.25, 0.3) is 16.0 Å². The molecule has 1 aliphatic heterocycles. The average Bonchev–Trinajstić information content (AvgIpc) is 2.77. The van der Waals surface area contributed by atoms with E-state index in [-0.39, 0.29) is 23.5 Å². The number of amides is 1. The van der Waals surface area contributed by atoms with Crippen molar-refractivity contribution in [2.75, 3.05) is 39.0 Å². The fourth-order valence-corrected chi connectivity index (χ4v) is 5.15. The molecule has 0 aromatic heterocycles. The number of quaternary nitrogens is 1. The summed E-state index contributed by atoms with van der Waals surface area (Å²) in [4.78, 5) is 12.2. The van der Waals surface area contributed by atoms with E-state index in [0.717, 1.165) is 25.9 Å². The largest absolute Gasteiger partial charge is 0.351 e. The molecule has 1 saturated heterocycles. The summed E-state index contributed by atoms with van der Waals surface area (Å²) in [5.74, 6) is -0.0740. The molecule has 1 heterocycles. The van der Waals surface area contributed by atoms with E-state index in [1.807, 2.05) is 14.0 Å². The number of hydrogen-bond donors (Lipinski definition) is 2. The Labute approximate surface area is 160 Å². The summed E-state index contributed by atoms with van der Waals surface area (Å²) in [5.41, 5.74) is 0. The molecule has 0 spiro atoms. The molecule has 7 heteroatoms. The van der Waals surface area contributed by atoms with Crippen LogP contribution in [0.15, 0.2) is 0 Å². The number of rotatable bonds is 13. The summed E-state index contributed by atoms with van der Waals surface area (Å²) in [6, 6.07) is 0. The number of unbranched alkanes of at least 4 members (excludes halogenated alkanes) is 7. The van der Waals surface area contributed by atoms with E-state index in [0.29, 0.717) is 17.6 Å². The van der Waals surface area contributed by atoms with Crippen LogP contribution in [0, 0.1) is 11.8 Å². The Balaban J connectivity index is 2.18. The highest BCUT2D eigenvalue weighted by molar-refractivity contribution is 7.85. The molecular weight excluding hydrogens is 352 g/mol. The zero-order chi connectivity index (χ0) is 19.6. The minimum Gasteiger partial charge on any atom is -0.351 e. The molecule has 3 unspecified atom stereocenters. The van der Waals surface area contributed by atoms with E-state index in [1.54, 1.807) is 0 Å². The first-order valence-corrected chi connectivity index (χ1v) is 11.8. The molecule has 1 amide bonds. The lowest BCUT2D eigenvalue weighted by Gasteiger charge is -2.29. The molecule has 6 nitrogen and oxygen atoms in total. The number of likely N-dealkylation sites (N-methyl/N-ethyl adjacent to an activating group) is 1. The Bertz CT molecular complexity index is 524. The fraction of sp³-hybridized carbons (Fsp3) is 0.947. The zero-order valence-electron chi connectivity index (χ0n) is 16.9. The third-order valence-electron chi connectivity index (χ3n) is 5.51. The summed E-state index contributed by atoms with van der Waals surface area (Å²) in [6.07, 6.45) is 9.96. The van der Waals surface area contributed by atoms with Gasteiger partial charge in [-0.25, -0.2) is 0 Å². The highest BCUT2D eigenvalue weighted by atomic mass is 32.2. The van der Waals surface area contributed by atoms with Crippen molar-refractivity contribution in [3.05, 3.63) is 0 Å². The van der Waals surface area contributed by atoms with Crippen LogP contribution in [0.2, 0.25) is 0 Å². The van der Waals surface area contributed by atoms with E-state index in [4.69, 9.17) is 4.55 Å². The van der Waals surface area contributed by atoms with Crippen molar-refractivity contribution in [1.82, 2.24) is 5.32 Å². The normalized spacial score (nSPS) is 26.2. The van der Waals surface area contributed by atoms with Crippen LogP contribution >= 0.6 is 0 Å². The van der Waals surface area contributed by atoms with Crippen molar-refractivity contribution < 1.29 is 22.2 Å². The third-order valence-corrected chi connectivity index (χ3v) is 6.36. The Hall–Kier alpha value is -0.660.